The van der Waals surface area contributed by atoms with Crippen LogP contribution >= 0.6 is 0 Å². The number of hydrogen-bond donors (Lipinski definition) is 1. The summed E-state index contributed by atoms with van der Waals surface area (Å²) in [4.78, 5) is 0. The summed E-state index contributed by atoms with van der Waals surface area (Å²) in [6, 6.07) is 3.65. The summed E-state index contributed by atoms with van der Waals surface area (Å²) in [7, 11) is 0. The van der Waals surface area contributed by atoms with Gasteiger partial charge in [0.15, 0.2) is 0 Å². The van der Waals surface area contributed by atoms with E-state index in [2.05, 4.69) is 5.16 Å². The van der Waals surface area contributed by atoms with E-state index in [1.54, 1.807) is 0 Å². The van der Waals surface area contributed by atoms with Gasteiger partial charge in [-0.15, -0.1) is 0 Å². The maximum absolute atomic E-state index is 13.6. The van der Waals surface area contributed by atoms with E-state index in [4.69, 9.17) is 10.3 Å². The first-order chi connectivity index (χ1) is 8.02. The molecule has 0 unspecified atom stereocenters. The molecule has 0 aliphatic heterocycles. The van der Waals surface area contributed by atoms with Crippen molar-refractivity contribution in [2.75, 3.05) is 5.73 Å². The van der Waals surface area contributed by atoms with Crippen LogP contribution in [0.4, 0.5) is 14.7 Å². The molecule has 2 aromatic rings. The van der Waals surface area contributed by atoms with Crippen molar-refractivity contribution in [3.8, 4) is 11.3 Å². The number of hydrogen-bond acceptors (Lipinski definition) is 3. The van der Waals surface area contributed by atoms with Crippen LogP contribution in [0.2, 0.25) is 0 Å². The minimum atomic E-state index is -0.680. The number of nitrogens with zero attached hydrogens (tertiary/aromatic N) is 1. The molecule has 1 aromatic carbocycles. The van der Waals surface area contributed by atoms with E-state index in [-0.39, 0.29) is 23.1 Å². The second-order valence-electron chi connectivity index (χ2n) is 4.06. The Morgan fingerprint density at radius 3 is 2.35 bits per heavy atom. The van der Waals surface area contributed by atoms with Crippen LogP contribution in [0, 0.1) is 11.6 Å². The molecule has 0 fully saturated rings. The Kier molecular flexibility index (Phi) is 2.83. The third-order valence-electron chi connectivity index (χ3n) is 2.53. The van der Waals surface area contributed by atoms with Crippen LogP contribution < -0.4 is 5.73 Å². The fourth-order valence-electron chi connectivity index (χ4n) is 1.77. The standard InChI is InChI=1S/C12H12F2N2O/c1-6(2)9-11(16-17-12(9)15)10-7(13)4-3-5-8(10)14/h3-6H,15H2,1-2H3. The summed E-state index contributed by atoms with van der Waals surface area (Å²) in [6.07, 6.45) is 0. The number of rotatable bonds is 2. The molecule has 1 heterocycles. The van der Waals surface area contributed by atoms with Crippen LogP contribution in [-0.4, -0.2) is 5.16 Å². The van der Waals surface area contributed by atoms with E-state index in [9.17, 15) is 8.78 Å². The van der Waals surface area contributed by atoms with Crippen molar-refractivity contribution in [2.45, 2.75) is 19.8 Å². The van der Waals surface area contributed by atoms with Crippen molar-refractivity contribution < 1.29 is 13.3 Å². The number of anilines is 1. The summed E-state index contributed by atoms with van der Waals surface area (Å²) in [5.41, 5.74) is 6.06. The predicted octanol–water partition coefficient (Wildman–Crippen LogP) is 3.33. The SMILES string of the molecule is CC(C)c1c(-c2c(F)cccc2F)noc1N. The number of nitrogen functional groups attached to an aromatic ring is 1. The van der Waals surface area contributed by atoms with E-state index in [0.717, 1.165) is 0 Å². The molecule has 0 aliphatic rings. The molecule has 0 amide bonds. The molecule has 0 bridgehead atoms. The molecule has 2 N–H and O–H groups in total. The van der Waals surface area contributed by atoms with Gasteiger partial charge in [-0.2, -0.15) is 0 Å². The van der Waals surface area contributed by atoms with Crippen LogP contribution in [0.25, 0.3) is 11.3 Å². The second kappa shape index (κ2) is 4.16. The predicted molar refractivity (Wildman–Crippen MR) is 60.4 cm³/mol. The van der Waals surface area contributed by atoms with Gasteiger partial charge in [0.2, 0.25) is 5.88 Å². The molecule has 3 nitrogen and oxygen atoms in total. The van der Waals surface area contributed by atoms with E-state index in [1.807, 2.05) is 13.8 Å². The third kappa shape index (κ3) is 1.88. The number of halogens is 2. The Hall–Kier alpha value is -1.91. The van der Waals surface area contributed by atoms with Crippen LogP contribution in [0.5, 0.6) is 0 Å². The Labute approximate surface area is 97.2 Å². The number of nitrogens with two attached hydrogens (primary N) is 1. The van der Waals surface area contributed by atoms with Crippen LogP contribution in [-0.2, 0) is 0 Å². The zero-order chi connectivity index (χ0) is 12.6. The molecular weight excluding hydrogens is 226 g/mol. The maximum atomic E-state index is 13.6. The fourth-order valence-corrected chi connectivity index (χ4v) is 1.77. The van der Waals surface area contributed by atoms with Gasteiger partial charge in [-0.3, -0.25) is 0 Å². The monoisotopic (exact) mass is 238 g/mol. The summed E-state index contributed by atoms with van der Waals surface area (Å²) >= 11 is 0. The van der Waals surface area contributed by atoms with Crippen LogP contribution in [0.1, 0.15) is 25.3 Å². The smallest absolute Gasteiger partial charge is 0.226 e. The van der Waals surface area contributed by atoms with E-state index in [0.29, 0.717) is 5.56 Å². The highest BCUT2D eigenvalue weighted by molar-refractivity contribution is 5.68. The average Bonchev–Trinajstić information content (AvgIpc) is 2.60. The summed E-state index contributed by atoms with van der Waals surface area (Å²) in [6.45, 7) is 3.70. The van der Waals surface area contributed by atoms with Gasteiger partial charge in [-0.25, -0.2) is 8.78 Å². The Morgan fingerprint density at radius 2 is 1.82 bits per heavy atom. The van der Waals surface area contributed by atoms with Gasteiger partial charge in [0, 0.05) is 5.56 Å². The zero-order valence-corrected chi connectivity index (χ0v) is 9.50. The summed E-state index contributed by atoms with van der Waals surface area (Å²) in [5, 5.41) is 3.65. The fraction of sp³-hybridized carbons (Fsp3) is 0.250. The molecule has 0 saturated carbocycles. The van der Waals surface area contributed by atoms with Crippen molar-refractivity contribution in [1.82, 2.24) is 5.16 Å². The van der Waals surface area contributed by atoms with Crippen molar-refractivity contribution >= 4 is 5.88 Å². The molecule has 1 aromatic heterocycles. The summed E-state index contributed by atoms with van der Waals surface area (Å²) in [5.74, 6) is -1.30. The molecule has 5 heteroatoms. The maximum Gasteiger partial charge on any atom is 0.226 e. The highest BCUT2D eigenvalue weighted by Crippen LogP contribution is 2.35. The highest BCUT2D eigenvalue weighted by atomic mass is 19.1. The Balaban J connectivity index is 2.69. The second-order valence-corrected chi connectivity index (χ2v) is 4.06. The highest BCUT2D eigenvalue weighted by Gasteiger charge is 2.23. The first-order valence-corrected chi connectivity index (χ1v) is 5.21. The lowest BCUT2D eigenvalue weighted by Crippen LogP contribution is -1.97. The van der Waals surface area contributed by atoms with Crippen molar-refractivity contribution in [1.29, 1.82) is 0 Å². The van der Waals surface area contributed by atoms with Crippen molar-refractivity contribution in [3.63, 3.8) is 0 Å². The summed E-state index contributed by atoms with van der Waals surface area (Å²) < 4.78 is 32.1. The number of aromatic nitrogens is 1. The van der Waals surface area contributed by atoms with Gasteiger partial charge >= 0.3 is 0 Å². The van der Waals surface area contributed by atoms with E-state index >= 15 is 0 Å². The molecule has 0 aliphatic carbocycles. The lowest BCUT2D eigenvalue weighted by molar-refractivity contribution is 0.437. The lowest BCUT2D eigenvalue weighted by atomic mass is 9.98. The van der Waals surface area contributed by atoms with Crippen LogP contribution in [0.15, 0.2) is 22.7 Å². The molecule has 0 atom stereocenters. The Morgan fingerprint density at radius 1 is 1.24 bits per heavy atom. The van der Waals surface area contributed by atoms with Crippen LogP contribution in [0.3, 0.4) is 0 Å². The average molecular weight is 238 g/mol. The van der Waals surface area contributed by atoms with Gasteiger partial charge in [-0.05, 0) is 18.1 Å². The van der Waals surface area contributed by atoms with Gasteiger partial charge in [0.05, 0.1) is 5.56 Å². The molecule has 2 rings (SSSR count). The van der Waals surface area contributed by atoms with Gasteiger partial charge < -0.3 is 10.3 Å². The quantitative estimate of drug-likeness (QED) is 0.873. The minimum Gasteiger partial charge on any atom is -0.367 e. The number of benzene rings is 1. The molecule has 0 spiro atoms. The molecule has 90 valence electrons. The van der Waals surface area contributed by atoms with Gasteiger partial charge in [-0.1, -0.05) is 25.1 Å². The Bertz CT molecular complexity index is 529. The van der Waals surface area contributed by atoms with Gasteiger partial charge in [0.25, 0.3) is 0 Å². The molecule has 0 radical (unpaired) electrons. The first kappa shape index (κ1) is 11.6. The van der Waals surface area contributed by atoms with Crippen molar-refractivity contribution in [3.05, 3.63) is 35.4 Å². The van der Waals surface area contributed by atoms with Gasteiger partial charge in [0.1, 0.15) is 17.3 Å². The molecule has 17 heavy (non-hydrogen) atoms. The van der Waals surface area contributed by atoms with E-state index < -0.39 is 11.6 Å². The largest absolute Gasteiger partial charge is 0.367 e. The topological polar surface area (TPSA) is 52.0 Å². The zero-order valence-electron chi connectivity index (χ0n) is 9.50. The van der Waals surface area contributed by atoms with Crippen molar-refractivity contribution in [2.24, 2.45) is 0 Å². The minimum absolute atomic E-state index is 0.0322. The molecule has 0 saturated heterocycles. The third-order valence-corrected chi connectivity index (χ3v) is 2.53. The van der Waals surface area contributed by atoms with E-state index in [1.165, 1.54) is 18.2 Å². The lowest BCUT2D eigenvalue weighted by Gasteiger charge is -2.06. The first-order valence-electron chi connectivity index (χ1n) is 5.21. The molecular formula is C12H12F2N2O. The normalized spacial score (nSPS) is 11.1.